The Bertz CT molecular complexity index is 219. The summed E-state index contributed by atoms with van der Waals surface area (Å²) in [7, 11) is 0. The predicted octanol–water partition coefficient (Wildman–Crippen LogP) is -0.0735. The van der Waals surface area contributed by atoms with Crippen LogP contribution in [0.25, 0.3) is 0 Å². The first kappa shape index (κ1) is 9.83. The second-order valence-corrected chi connectivity index (χ2v) is 3.37. The van der Waals surface area contributed by atoms with Gasteiger partial charge in [0.05, 0.1) is 0 Å². The zero-order valence-electron chi connectivity index (χ0n) is 7.95. The van der Waals surface area contributed by atoms with Crippen LogP contribution in [0.4, 0.5) is 0 Å². The molecule has 0 aliphatic carbocycles. The molecule has 74 valence electrons. The summed E-state index contributed by atoms with van der Waals surface area (Å²) in [6.07, 6.45) is 2.30. The van der Waals surface area contributed by atoms with Gasteiger partial charge in [0.2, 0.25) is 5.96 Å². The molecule has 0 saturated carbocycles. The minimum atomic E-state index is -0.0371. The van der Waals surface area contributed by atoms with Crippen LogP contribution in [-0.2, 0) is 0 Å². The van der Waals surface area contributed by atoms with Gasteiger partial charge in [0, 0.05) is 13.1 Å². The molecule has 5 heteroatoms. The third-order valence-corrected chi connectivity index (χ3v) is 2.40. The lowest BCUT2D eigenvalue weighted by molar-refractivity contribution is 0.466. The molecule has 13 heavy (non-hydrogen) atoms. The molecule has 1 heterocycles. The first-order valence-corrected chi connectivity index (χ1v) is 4.56. The highest BCUT2D eigenvalue weighted by Gasteiger charge is 2.22. The van der Waals surface area contributed by atoms with Crippen molar-refractivity contribution in [2.45, 2.75) is 19.8 Å². The molecule has 1 aliphatic heterocycles. The van der Waals surface area contributed by atoms with Crippen molar-refractivity contribution in [2.24, 2.45) is 22.4 Å². The third-order valence-electron chi connectivity index (χ3n) is 2.40. The highest BCUT2D eigenvalue weighted by molar-refractivity contribution is 5.91. The summed E-state index contributed by atoms with van der Waals surface area (Å²) in [6.45, 7) is 3.97. The summed E-state index contributed by atoms with van der Waals surface area (Å²) in [4.78, 5) is 5.62. The minimum Gasteiger partial charge on any atom is -0.370 e. The van der Waals surface area contributed by atoms with Crippen LogP contribution < -0.4 is 11.5 Å². The number of hydrogen-bond donors (Lipinski definition) is 3. The van der Waals surface area contributed by atoms with E-state index < -0.39 is 0 Å². The van der Waals surface area contributed by atoms with E-state index >= 15 is 0 Å². The molecule has 0 aromatic carbocycles. The molecular formula is C8H17N5. The van der Waals surface area contributed by atoms with Crippen molar-refractivity contribution in [2.75, 3.05) is 13.1 Å². The molecule has 0 aromatic heterocycles. The second-order valence-electron chi connectivity index (χ2n) is 3.37. The maximum Gasteiger partial charge on any atom is 0.221 e. The van der Waals surface area contributed by atoms with Crippen LogP contribution in [-0.4, -0.2) is 29.9 Å². The maximum absolute atomic E-state index is 7.56. The van der Waals surface area contributed by atoms with Gasteiger partial charge in [-0.3, -0.25) is 5.41 Å². The third kappa shape index (κ3) is 2.61. The topological polar surface area (TPSA) is 91.5 Å². The molecule has 1 rings (SSSR count). The van der Waals surface area contributed by atoms with E-state index in [9.17, 15) is 0 Å². The highest BCUT2D eigenvalue weighted by Crippen LogP contribution is 2.18. The van der Waals surface area contributed by atoms with Crippen molar-refractivity contribution in [1.82, 2.24) is 4.90 Å². The quantitative estimate of drug-likeness (QED) is 0.392. The van der Waals surface area contributed by atoms with Crippen LogP contribution in [0, 0.1) is 11.3 Å². The largest absolute Gasteiger partial charge is 0.370 e. The van der Waals surface area contributed by atoms with E-state index in [0.29, 0.717) is 5.92 Å². The fourth-order valence-electron chi connectivity index (χ4n) is 1.55. The summed E-state index contributed by atoms with van der Waals surface area (Å²) in [5.74, 6) is 0.843. The molecule has 5 N–H and O–H groups in total. The molecular weight excluding hydrogens is 166 g/mol. The van der Waals surface area contributed by atoms with Crippen molar-refractivity contribution in [3.8, 4) is 0 Å². The van der Waals surface area contributed by atoms with Gasteiger partial charge in [-0.05, 0) is 12.3 Å². The Balaban J connectivity index is 2.47. The van der Waals surface area contributed by atoms with E-state index in [2.05, 4.69) is 11.9 Å². The zero-order valence-corrected chi connectivity index (χ0v) is 7.95. The van der Waals surface area contributed by atoms with Gasteiger partial charge >= 0.3 is 0 Å². The van der Waals surface area contributed by atoms with E-state index in [1.165, 1.54) is 0 Å². The highest BCUT2D eigenvalue weighted by atomic mass is 15.3. The molecule has 1 saturated heterocycles. The lowest BCUT2D eigenvalue weighted by Crippen LogP contribution is -2.31. The first-order chi connectivity index (χ1) is 6.13. The van der Waals surface area contributed by atoms with Gasteiger partial charge in [-0.2, -0.15) is 4.99 Å². The Hall–Kier alpha value is -1.26. The van der Waals surface area contributed by atoms with Crippen LogP contribution in [0.3, 0.4) is 0 Å². The van der Waals surface area contributed by atoms with Gasteiger partial charge in [-0.25, -0.2) is 0 Å². The van der Waals surface area contributed by atoms with E-state index in [1.807, 2.05) is 4.90 Å². The van der Waals surface area contributed by atoms with Gasteiger partial charge in [0.25, 0.3) is 0 Å². The molecule has 0 bridgehead atoms. The monoisotopic (exact) mass is 183 g/mol. The van der Waals surface area contributed by atoms with Crippen LogP contribution in [0.1, 0.15) is 19.8 Å². The fraction of sp³-hybridized carbons (Fsp3) is 0.750. The SMILES string of the molecule is CCC1CCN(C(=N)N=C(N)N)C1. The average molecular weight is 183 g/mol. The lowest BCUT2D eigenvalue weighted by Gasteiger charge is -2.15. The first-order valence-electron chi connectivity index (χ1n) is 4.56. The number of likely N-dealkylation sites (tertiary alicyclic amines) is 1. The Morgan fingerprint density at radius 1 is 1.62 bits per heavy atom. The number of rotatable bonds is 1. The summed E-state index contributed by atoms with van der Waals surface area (Å²) >= 11 is 0. The molecule has 1 unspecified atom stereocenters. The van der Waals surface area contributed by atoms with Crippen LogP contribution in [0.15, 0.2) is 4.99 Å². The van der Waals surface area contributed by atoms with E-state index in [0.717, 1.165) is 25.9 Å². The molecule has 0 aromatic rings. The normalized spacial score (nSPS) is 21.6. The maximum atomic E-state index is 7.56. The number of nitrogens with two attached hydrogens (primary N) is 2. The number of nitrogens with zero attached hydrogens (tertiary/aromatic N) is 2. The van der Waals surface area contributed by atoms with E-state index in [1.54, 1.807) is 0 Å². The summed E-state index contributed by atoms with van der Waals surface area (Å²) < 4.78 is 0. The smallest absolute Gasteiger partial charge is 0.221 e. The molecule has 5 nitrogen and oxygen atoms in total. The molecule has 0 radical (unpaired) electrons. The Morgan fingerprint density at radius 2 is 2.31 bits per heavy atom. The molecule has 1 atom stereocenters. The van der Waals surface area contributed by atoms with Crippen molar-refractivity contribution >= 4 is 11.9 Å². The number of hydrogen-bond acceptors (Lipinski definition) is 1. The lowest BCUT2D eigenvalue weighted by atomic mass is 10.1. The van der Waals surface area contributed by atoms with E-state index in [-0.39, 0.29) is 11.9 Å². The molecule has 0 spiro atoms. The molecule has 1 fully saturated rings. The summed E-state index contributed by atoms with van der Waals surface area (Å²) in [5.41, 5.74) is 10.4. The van der Waals surface area contributed by atoms with Crippen molar-refractivity contribution in [3.63, 3.8) is 0 Å². The molecule has 1 aliphatic rings. The van der Waals surface area contributed by atoms with Gasteiger partial charge in [0.15, 0.2) is 5.96 Å². The average Bonchev–Trinajstić information content (AvgIpc) is 2.50. The van der Waals surface area contributed by atoms with Gasteiger partial charge in [-0.1, -0.05) is 13.3 Å². The Labute approximate surface area is 78.3 Å². The standard InChI is InChI=1S/C8H17N5/c1-2-6-3-4-13(5-6)8(11)12-7(9)10/h6H,2-5H2,1H3,(H5,9,10,11,12). The summed E-state index contributed by atoms with van der Waals surface area (Å²) in [6, 6.07) is 0. The van der Waals surface area contributed by atoms with Gasteiger partial charge in [-0.15, -0.1) is 0 Å². The van der Waals surface area contributed by atoms with Crippen LogP contribution in [0.5, 0.6) is 0 Å². The van der Waals surface area contributed by atoms with Crippen LogP contribution in [0.2, 0.25) is 0 Å². The Kier molecular flexibility index (Phi) is 3.11. The van der Waals surface area contributed by atoms with Crippen molar-refractivity contribution in [3.05, 3.63) is 0 Å². The van der Waals surface area contributed by atoms with Crippen molar-refractivity contribution in [1.29, 1.82) is 5.41 Å². The second kappa shape index (κ2) is 4.11. The van der Waals surface area contributed by atoms with Crippen LogP contribution >= 0.6 is 0 Å². The Morgan fingerprint density at radius 3 is 2.77 bits per heavy atom. The predicted molar refractivity (Wildman–Crippen MR) is 53.5 cm³/mol. The number of aliphatic imine (C=N–C) groups is 1. The van der Waals surface area contributed by atoms with Gasteiger partial charge < -0.3 is 16.4 Å². The number of nitrogens with one attached hydrogen (secondary N) is 1. The zero-order chi connectivity index (χ0) is 9.84. The minimum absolute atomic E-state index is 0.0371. The van der Waals surface area contributed by atoms with Crippen molar-refractivity contribution < 1.29 is 0 Å². The fourth-order valence-corrected chi connectivity index (χ4v) is 1.55. The number of guanidine groups is 2. The summed E-state index contributed by atoms with van der Waals surface area (Å²) in [5, 5.41) is 7.56. The van der Waals surface area contributed by atoms with E-state index in [4.69, 9.17) is 16.9 Å². The molecule has 0 amide bonds. The van der Waals surface area contributed by atoms with Gasteiger partial charge in [0.1, 0.15) is 0 Å².